The first kappa shape index (κ1) is 21.7. The molecule has 0 radical (unpaired) electrons. The van der Waals surface area contributed by atoms with Gasteiger partial charge in [-0.1, -0.05) is 12.1 Å². The number of nitrogens with one attached hydrogen (secondary N) is 1. The highest BCUT2D eigenvalue weighted by Crippen LogP contribution is 2.30. The average molecular weight is 444 g/mol. The van der Waals surface area contributed by atoms with Crippen LogP contribution in [0.3, 0.4) is 0 Å². The Labute approximate surface area is 171 Å². The summed E-state index contributed by atoms with van der Waals surface area (Å²) in [6.07, 6.45) is 0. The Bertz CT molecular complexity index is 971. The molecule has 5 nitrogen and oxygen atoms in total. The van der Waals surface area contributed by atoms with Crippen LogP contribution in [-0.4, -0.2) is 49.3 Å². The Morgan fingerprint density at radius 1 is 1.07 bits per heavy atom. The van der Waals surface area contributed by atoms with E-state index >= 15 is 0 Å². The summed E-state index contributed by atoms with van der Waals surface area (Å²) in [5.41, 5.74) is -3.72. The Morgan fingerprint density at radius 2 is 1.72 bits per heavy atom. The van der Waals surface area contributed by atoms with Crippen molar-refractivity contribution < 1.29 is 26.4 Å². The van der Waals surface area contributed by atoms with Gasteiger partial charge in [0.1, 0.15) is 0 Å². The van der Waals surface area contributed by atoms with Crippen LogP contribution in [0.4, 0.5) is 18.9 Å². The van der Waals surface area contributed by atoms with Crippen molar-refractivity contribution in [2.24, 2.45) is 0 Å². The third-order valence-electron chi connectivity index (χ3n) is 4.43. The quantitative estimate of drug-likeness (QED) is 0.760. The molecule has 0 aliphatic carbocycles. The number of carbonyl (C=O) groups is 1. The highest BCUT2D eigenvalue weighted by atomic mass is 32.2. The van der Waals surface area contributed by atoms with Gasteiger partial charge in [-0.05, 0) is 42.0 Å². The van der Waals surface area contributed by atoms with E-state index in [1.165, 1.54) is 0 Å². The normalized spacial score (nSPS) is 15.8. The summed E-state index contributed by atoms with van der Waals surface area (Å²) in [6.45, 7) is 2.79. The van der Waals surface area contributed by atoms with Crippen LogP contribution < -0.4 is 5.32 Å². The highest BCUT2D eigenvalue weighted by molar-refractivity contribution is 7.99. The van der Waals surface area contributed by atoms with Crippen molar-refractivity contribution in [3.63, 3.8) is 0 Å². The molecule has 1 aliphatic rings. The van der Waals surface area contributed by atoms with Gasteiger partial charge in [-0.25, -0.2) is 8.42 Å². The molecule has 156 valence electrons. The molecule has 1 N–H and O–H groups in total. The number of nitrogens with zero attached hydrogens (tertiary/aromatic N) is 1. The summed E-state index contributed by atoms with van der Waals surface area (Å²) in [7, 11) is -5.44. The summed E-state index contributed by atoms with van der Waals surface area (Å²) in [6, 6.07) is 11.0. The molecular formula is C19H19F3N2O3S2. The van der Waals surface area contributed by atoms with E-state index in [0.29, 0.717) is 5.69 Å². The fourth-order valence-corrected chi connectivity index (χ4v) is 4.63. The Balaban J connectivity index is 1.68. The number of hydrogen-bond donors (Lipinski definition) is 1. The largest absolute Gasteiger partial charge is 0.501 e. The van der Waals surface area contributed by atoms with Crippen molar-refractivity contribution >= 4 is 33.2 Å². The summed E-state index contributed by atoms with van der Waals surface area (Å²) in [5.74, 6) is 1.65. The van der Waals surface area contributed by atoms with Gasteiger partial charge in [-0.15, -0.1) is 0 Å². The number of alkyl halides is 3. The first-order valence-corrected chi connectivity index (χ1v) is 11.4. The Hall–Kier alpha value is -2.04. The van der Waals surface area contributed by atoms with Crippen LogP contribution in [0, 0.1) is 0 Å². The van der Waals surface area contributed by atoms with E-state index < -0.39 is 26.1 Å². The maximum Gasteiger partial charge on any atom is 0.501 e. The smallest absolute Gasteiger partial charge is 0.322 e. The Kier molecular flexibility index (Phi) is 6.55. The number of hydrogen-bond acceptors (Lipinski definition) is 5. The lowest BCUT2D eigenvalue weighted by Crippen LogP contribution is -2.31. The van der Waals surface area contributed by atoms with Gasteiger partial charge in [-0.2, -0.15) is 24.9 Å². The second-order valence-corrected chi connectivity index (χ2v) is 9.68. The molecule has 3 rings (SSSR count). The van der Waals surface area contributed by atoms with Crippen molar-refractivity contribution in [2.45, 2.75) is 16.9 Å². The van der Waals surface area contributed by atoms with E-state index in [4.69, 9.17) is 0 Å². The number of halogens is 3. The minimum absolute atomic E-state index is 0.0598. The number of anilines is 1. The monoisotopic (exact) mass is 444 g/mol. The standard InChI is InChI=1S/C19H19F3N2O3S2/c20-19(21,22)29(26,27)17-6-4-15(5-7-17)18(25)23-16-3-1-2-14(12-16)13-24-8-10-28-11-9-24/h1-7,12H,8-11,13H2,(H,23,25). The van der Waals surface area contributed by atoms with E-state index in [1.807, 2.05) is 30.0 Å². The van der Waals surface area contributed by atoms with Crippen molar-refractivity contribution in [3.8, 4) is 0 Å². The average Bonchev–Trinajstić information content (AvgIpc) is 2.68. The second-order valence-electron chi connectivity index (χ2n) is 6.52. The zero-order valence-corrected chi connectivity index (χ0v) is 16.9. The van der Waals surface area contributed by atoms with Crippen LogP contribution in [0.5, 0.6) is 0 Å². The van der Waals surface area contributed by atoms with Gasteiger partial charge in [0, 0.05) is 42.4 Å². The van der Waals surface area contributed by atoms with Crippen LogP contribution >= 0.6 is 11.8 Å². The minimum Gasteiger partial charge on any atom is -0.322 e. The second kappa shape index (κ2) is 8.76. The maximum absolute atomic E-state index is 12.6. The predicted molar refractivity (Wildman–Crippen MR) is 107 cm³/mol. The van der Waals surface area contributed by atoms with Crippen molar-refractivity contribution in [3.05, 3.63) is 59.7 Å². The van der Waals surface area contributed by atoms with E-state index in [0.717, 1.165) is 61.0 Å². The number of carbonyl (C=O) groups excluding carboxylic acids is 1. The third kappa shape index (κ3) is 5.31. The Morgan fingerprint density at radius 3 is 2.34 bits per heavy atom. The van der Waals surface area contributed by atoms with Crippen molar-refractivity contribution in [1.29, 1.82) is 0 Å². The molecule has 1 aliphatic heterocycles. The maximum atomic E-state index is 12.6. The minimum atomic E-state index is -5.44. The molecule has 29 heavy (non-hydrogen) atoms. The van der Waals surface area contributed by atoms with E-state index in [1.54, 1.807) is 6.07 Å². The number of rotatable bonds is 5. The third-order valence-corrected chi connectivity index (χ3v) is 6.87. The molecule has 2 aromatic rings. The van der Waals surface area contributed by atoms with Crippen LogP contribution in [0.1, 0.15) is 15.9 Å². The number of benzene rings is 2. The zero-order chi connectivity index (χ0) is 21.1. The van der Waals surface area contributed by atoms with Crippen molar-refractivity contribution in [2.75, 3.05) is 29.9 Å². The lowest BCUT2D eigenvalue weighted by molar-refractivity contribution is -0.0436. The zero-order valence-electron chi connectivity index (χ0n) is 15.3. The van der Waals surface area contributed by atoms with E-state index in [2.05, 4.69) is 10.2 Å². The van der Waals surface area contributed by atoms with Gasteiger partial charge < -0.3 is 5.32 Å². The van der Waals surface area contributed by atoms with Gasteiger partial charge in [0.15, 0.2) is 0 Å². The highest BCUT2D eigenvalue weighted by Gasteiger charge is 2.46. The SMILES string of the molecule is O=C(Nc1cccc(CN2CCSCC2)c1)c1ccc(S(=O)(=O)C(F)(F)F)cc1. The van der Waals surface area contributed by atoms with Gasteiger partial charge in [0.2, 0.25) is 0 Å². The lowest BCUT2D eigenvalue weighted by Gasteiger charge is -2.26. The lowest BCUT2D eigenvalue weighted by atomic mass is 10.1. The van der Waals surface area contributed by atoms with E-state index in [-0.39, 0.29) is 5.56 Å². The molecule has 10 heteroatoms. The molecule has 1 fully saturated rings. The molecule has 0 aromatic heterocycles. The first-order chi connectivity index (χ1) is 13.7. The van der Waals surface area contributed by atoms with Crippen LogP contribution in [0.2, 0.25) is 0 Å². The molecule has 0 unspecified atom stereocenters. The molecule has 1 heterocycles. The number of thioether (sulfide) groups is 1. The summed E-state index contributed by atoms with van der Waals surface area (Å²) >= 11 is 1.92. The number of sulfone groups is 1. The molecule has 0 bridgehead atoms. The van der Waals surface area contributed by atoms with Crippen LogP contribution in [0.25, 0.3) is 0 Å². The molecule has 2 aromatic carbocycles. The molecule has 1 saturated heterocycles. The fraction of sp³-hybridized carbons (Fsp3) is 0.316. The number of amides is 1. The molecule has 0 saturated carbocycles. The fourth-order valence-electron chi connectivity index (χ4n) is 2.89. The molecule has 0 spiro atoms. The molecule has 0 atom stereocenters. The molecular weight excluding hydrogens is 425 g/mol. The van der Waals surface area contributed by atoms with Gasteiger partial charge in [-0.3, -0.25) is 9.69 Å². The van der Waals surface area contributed by atoms with Gasteiger partial charge in [0.05, 0.1) is 4.90 Å². The first-order valence-electron chi connectivity index (χ1n) is 8.78. The van der Waals surface area contributed by atoms with Crippen LogP contribution in [-0.2, 0) is 16.4 Å². The topological polar surface area (TPSA) is 66.5 Å². The van der Waals surface area contributed by atoms with Gasteiger partial charge >= 0.3 is 5.51 Å². The van der Waals surface area contributed by atoms with Crippen molar-refractivity contribution in [1.82, 2.24) is 4.90 Å². The summed E-state index contributed by atoms with van der Waals surface area (Å²) < 4.78 is 60.6. The van der Waals surface area contributed by atoms with Gasteiger partial charge in [0.25, 0.3) is 15.7 Å². The summed E-state index contributed by atoms with van der Waals surface area (Å²) in [5, 5.41) is 2.69. The summed E-state index contributed by atoms with van der Waals surface area (Å²) in [4.78, 5) is 13.8. The molecule has 1 amide bonds. The van der Waals surface area contributed by atoms with E-state index in [9.17, 15) is 26.4 Å². The van der Waals surface area contributed by atoms with Crippen LogP contribution in [0.15, 0.2) is 53.4 Å². The predicted octanol–water partition coefficient (Wildman–Crippen LogP) is 3.78.